The monoisotopic (exact) mass is 173 g/mol. The molecular weight excluding hydrogens is 170 g/mol. The number of hydrogen-bond acceptors (Lipinski definition) is 4. The largest absolute Gasteiger partial charge is 0.310 e. The summed E-state index contributed by atoms with van der Waals surface area (Å²) in [6.07, 6.45) is 0. The lowest BCUT2D eigenvalue weighted by Crippen LogP contribution is -1.94. The molecule has 0 atom stereocenters. The summed E-state index contributed by atoms with van der Waals surface area (Å²) < 4.78 is 0. The maximum Gasteiger partial charge on any atom is 0.310 e. The molecule has 1 aromatic rings. The van der Waals surface area contributed by atoms with Crippen LogP contribution >= 0.6 is 11.6 Å². The maximum atomic E-state index is 10.2. The van der Waals surface area contributed by atoms with Gasteiger partial charge in [0.1, 0.15) is 0 Å². The number of rotatable bonds is 1. The first-order valence-corrected chi connectivity index (χ1v) is 3.13. The third-order valence-electron chi connectivity index (χ3n) is 1.05. The van der Waals surface area contributed by atoms with Crippen LogP contribution < -0.4 is 0 Å². The minimum atomic E-state index is -0.593. The highest BCUT2D eigenvalue weighted by Crippen LogP contribution is 2.20. The van der Waals surface area contributed by atoms with Gasteiger partial charge in [-0.1, -0.05) is 11.6 Å². The van der Waals surface area contributed by atoms with Gasteiger partial charge in [-0.25, -0.2) is 0 Å². The van der Waals surface area contributed by atoms with Crippen LogP contribution in [0.25, 0.3) is 0 Å². The zero-order valence-corrected chi connectivity index (χ0v) is 6.37. The molecule has 0 saturated carbocycles. The topological polar surface area (TPSA) is 68.9 Å². The zero-order valence-electron chi connectivity index (χ0n) is 5.61. The number of aryl methyl sites for hydroxylation is 1. The van der Waals surface area contributed by atoms with Gasteiger partial charge in [0, 0.05) is 6.07 Å². The van der Waals surface area contributed by atoms with Gasteiger partial charge in [0.05, 0.1) is 10.6 Å². The molecule has 1 heterocycles. The standard InChI is InChI=1S/C5H4ClN3O2/c1-3-2-4(9(10)11)5(6)8-7-3/h2H,1H3. The second-order valence-corrected chi connectivity index (χ2v) is 2.28. The molecule has 58 valence electrons. The molecule has 6 heteroatoms. The fourth-order valence-electron chi connectivity index (χ4n) is 0.588. The third-order valence-corrected chi connectivity index (χ3v) is 1.32. The first-order valence-electron chi connectivity index (χ1n) is 2.75. The lowest BCUT2D eigenvalue weighted by Gasteiger charge is -1.92. The number of nitrogens with zero attached hydrogens (tertiary/aromatic N) is 3. The number of halogens is 1. The maximum absolute atomic E-state index is 10.2. The molecule has 5 nitrogen and oxygen atoms in total. The second-order valence-electron chi connectivity index (χ2n) is 1.92. The predicted molar refractivity (Wildman–Crippen MR) is 38.4 cm³/mol. The average molecular weight is 174 g/mol. The van der Waals surface area contributed by atoms with E-state index in [-0.39, 0.29) is 10.8 Å². The van der Waals surface area contributed by atoms with Gasteiger partial charge in [-0.3, -0.25) is 10.1 Å². The Kier molecular flexibility index (Phi) is 2.00. The van der Waals surface area contributed by atoms with E-state index in [0.717, 1.165) is 0 Å². The fraction of sp³-hybridized carbons (Fsp3) is 0.200. The van der Waals surface area contributed by atoms with Crippen molar-refractivity contribution in [2.75, 3.05) is 0 Å². The summed E-state index contributed by atoms with van der Waals surface area (Å²) in [5.74, 6) is 0. The van der Waals surface area contributed by atoms with Crippen molar-refractivity contribution in [3.05, 3.63) is 27.0 Å². The highest BCUT2D eigenvalue weighted by atomic mass is 35.5. The molecule has 0 saturated heterocycles. The minimum Gasteiger partial charge on any atom is -0.258 e. The molecule has 0 fully saturated rings. The zero-order chi connectivity index (χ0) is 8.43. The molecule has 1 rings (SSSR count). The van der Waals surface area contributed by atoms with Gasteiger partial charge in [-0.05, 0) is 6.92 Å². The Hall–Kier alpha value is -1.23. The highest BCUT2D eigenvalue weighted by molar-refractivity contribution is 6.31. The van der Waals surface area contributed by atoms with Crippen LogP contribution in [-0.2, 0) is 0 Å². The fourth-order valence-corrected chi connectivity index (χ4v) is 0.750. The third kappa shape index (κ3) is 1.62. The van der Waals surface area contributed by atoms with Crippen LogP contribution in [0, 0.1) is 17.0 Å². The smallest absolute Gasteiger partial charge is 0.258 e. The molecule has 0 aliphatic heterocycles. The number of hydrogen-bond donors (Lipinski definition) is 0. The molecule has 0 spiro atoms. The van der Waals surface area contributed by atoms with E-state index in [9.17, 15) is 10.1 Å². The van der Waals surface area contributed by atoms with E-state index in [1.807, 2.05) is 0 Å². The number of aromatic nitrogens is 2. The summed E-state index contributed by atoms with van der Waals surface area (Å²) >= 11 is 5.38. The van der Waals surface area contributed by atoms with Gasteiger partial charge in [0.15, 0.2) is 0 Å². The van der Waals surface area contributed by atoms with Crippen LogP contribution in [0.3, 0.4) is 0 Å². The molecule has 1 aromatic heterocycles. The first-order chi connectivity index (χ1) is 5.11. The first kappa shape index (κ1) is 7.87. The van der Waals surface area contributed by atoms with E-state index in [1.165, 1.54) is 6.07 Å². The minimum absolute atomic E-state index is 0.180. The van der Waals surface area contributed by atoms with Gasteiger partial charge in [-0.2, -0.15) is 5.10 Å². The van der Waals surface area contributed by atoms with Gasteiger partial charge in [-0.15, -0.1) is 5.10 Å². The van der Waals surface area contributed by atoms with Crippen molar-refractivity contribution < 1.29 is 4.92 Å². The van der Waals surface area contributed by atoms with E-state index < -0.39 is 4.92 Å². The van der Waals surface area contributed by atoms with Crippen LogP contribution in [0.5, 0.6) is 0 Å². The summed E-state index contributed by atoms with van der Waals surface area (Å²) in [5.41, 5.74) is 0.264. The normalized spacial score (nSPS) is 9.64. The van der Waals surface area contributed by atoms with Gasteiger partial charge in [0.2, 0.25) is 5.15 Å². The lowest BCUT2D eigenvalue weighted by atomic mass is 10.4. The SMILES string of the molecule is Cc1cc([N+](=O)[O-])c(Cl)nn1. The van der Waals surface area contributed by atoms with Crippen molar-refractivity contribution in [2.24, 2.45) is 0 Å². The Morgan fingerprint density at radius 3 is 2.73 bits per heavy atom. The Labute approximate surface area is 67.2 Å². The van der Waals surface area contributed by atoms with Crippen molar-refractivity contribution in [3.8, 4) is 0 Å². The lowest BCUT2D eigenvalue weighted by molar-refractivity contribution is -0.385. The molecule has 0 aromatic carbocycles. The van der Waals surface area contributed by atoms with E-state index in [4.69, 9.17) is 11.6 Å². The van der Waals surface area contributed by atoms with Gasteiger partial charge >= 0.3 is 5.69 Å². The molecule has 0 radical (unpaired) electrons. The highest BCUT2D eigenvalue weighted by Gasteiger charge is 2.13. The summed E-state index contributed by atoms with van der Waals surface area (Å²) in [4.78, 5) is 9.63. The Morgan fingerprint density at radius 2 is 2.27 bits per heavy atom. The molecule has 0 amide bonds. The summed E-state index contributed by atoms with van der Waals surface area (Å²) in [5, 5.41) is 17.0. The van der Waals surface area contributed by atoms with Crippen molar-refractivity contribution in [1.82, 2.24) is 10.2 Å². The Balaban J connectivity index is 3.23. The summed E-state index contributed by atoms with van der Waals surface area (Å²) in [7, 11) is 0. The van der Waals surface area contributed by atoms with Gasteiger partial charge in [0.25, 0.3) is 0 Å². The van der Waals surface area contributed by atoms with Crippen LogP contribution in [0.2, 0.25) is 5.15 Å². The molecule has 11 heavy (non-hydrogen) atoms. The van der Waals surface area contributed by atoms with E-state index in [2.05, 4.69) is 10.2 Å². The molecule has 0 unspecified atom stereocenters. The molecule has 0 N–H and O–H groups in total. The molecule has 0 bridgehead atoms. The van der Waals surface area contributed by atoms with Crippen molar-refractivity contribution in [3.63, 3.8) is 0 Å². The van der Waals surface area contributed by atoms with Crippen LogP contribution in [0.15, 0.2) is 6.07 Å². The second kappa shape index (κ2) is 2.79. The Bertz CT molecular complexity index is 302. The molecule has 0 aliphatic carbocycles. The van der Waals surface area contributed by atoms with Crippen molar-refractivity contribution >= 4 is 17.3 Å². The average Bonchev–Trinajstić information content (AvgIpc) is 1.94. The summed E-state index contributed by atoms with van der Waals surface area (Å²) in [6.45, 7) is 1.61. The number of nitro groups is 1. The van der Waals surface area contributed by atoms with Crippen molar-refractivity contribution in [2.45, 2.75) is 6.92 Å². The predicted octanol–water partition coefficient (Wildman–Crippen LogP) is 1.35. The van der Waals surface area contributed by atoms with E-state index in [0.29, 0.717) is 5.69 Å². The van der Waals surface area contributed by atoms with Crippen molar-refractivity contribution in [1.29, 1.82) is 0 Å². The quantitative estimate of drug-likeness (QED) is 0.475. The van der Waals surface area contributed by atoms with Crippen LogP contribution in [0.1, 0.15) is 5.69 Å². The van der Waals surface area contributed by atoms with Crippen LogP contribution in [0.4, 0.5) is 5.69 Å². The Morgan fingerprint density at radius 1 is 1.64 bits per heavy atom. The van der Waals surface area contributed by atoms with Gasteiger partial charge < -0.3 is 0 Å². The van der Waals surface area contributed by atoms with E-state index in [1.54, 1.807) is 6.92 Å². The van der Waals surface area contributed by atoms with Crippen LogP contribution in [-0.4, -0.2) is 15.1 Å². The molecule has 0 aliphatic rings. The molecular formula is C5H4ClN3O2. The van der Waals surface area contributed by atoms with E-state index >= 15 is 0 Å². The summed E-state index contributed by atoms with van der Waals surface area (Å²) in [6, 6.07) is 1.27.